The molecule has 0 saturated carbocycles. The zero-order valence-electron chi connectivity index (χ0n) is 18.2. The van der Waals surface area contributed by atoms with E-state index in [1.807, 2.05) is 30.9 Å². The maximum atomic E-state index is 13.1. The van der Waals surface area contributed by atoms with Crippen molar-refractivity contribution in [1.82, 2.24) is 15.2 Å². The molecule has 2 amide bonds. The van der Waals surface area contributed by atoms with Gasteiger partial charge in [0.05, 0.1) is 12.3 Å². The van der Waals surface area contributed by atoms with E-state index in [1.54, 1.807) is 7.11 Å². The molecule has 1 saturated heterocycles. The molecule has 7 heteroatoms. The molecule has 0 radical (unpaired) electrons. The highest BCUT2D eigenvalue weighted by Gasteiger charge is 2.31. The SMILES string of the molecule is COCCNC(=O)[C@@H](C)C1CCN(C(=O)c2sc(-c3ccc(C)cc3)nc2C)CC1. The third-order valence-electron chi connectivity index (χ3n) is 5.84. The van der Waals surface area contributed by atoms with Crippen molar-refractivity contribution in [2.24, 2.45) is 11.8 Å². The second kappa shape index (κ2) is 10.2. The van der Waals surface area contributed by atoms with E-state index in [4.69, 9.17) is 4.74 Å². The molecule has 1 aromatic carbocycles. The predicted octanol–water partition coefficient (Wildman–Crippen LogP) is 3.68. The Bertz CT molecular complexity index is 870. The molecule has 2 aromatic rings. The average Bonchev–Trinajstić information content (AvgIpc) is 3.15. The largest absolute Gasteiger partial charge is 0.383 e. The van der Waals surface area contributed by atoms with E-state index >= 15 is 0 Å². The second-order valence-electron chi connectivity index (χ2n) is 8.00. The standard InChI is InChI=1S/C23H31N3O3S/c1-15-5-7-19(8-6-15)22-25-17(3)20(30-22)23(28)26-12-9-18(10-13-26)16(2)21(27)24-11-14-29-4/h5-8,16,18H,9-14H2,1-4H3,(H,24,27)/t16-/m0/s1. The summed E-state index contributed by atoms with van der Waals surface area (Å²) in [5.41, 5.74) is 3.03. The number of ether oxygens (including phenoxy) is 1. The van der Waals surface area contributed by atoms with Crippen molar-refractivity contribution in [2.75, 3.05) is 33.4 Å². The topological polar surface area (TPSA) is 71.5 Å². The van der Waals surface area contributed by atoms with E-state index in [1.165, 1.54) is 16.9 Å². The fourth-order valence-electron chi connectivity index (χ4n) is 3.81. The van der Waals surface area contributed by atoms with Gasteiger partial charge >= 0.3 is 0 Å². The van der Waals surface area contributed by atoms with Crippen LogP contribution in [-0.2, 0) is 9.53 Å². The van der Waals surface area contributed by atoms with Crippen LogP contribution in [0, 0.1) is 25.7 Å². The number of amides is 2. The number of aryl methyl sites for hydroxylation is 2. The summed E-state index contributed by atoms with van der Waals surface area (Å²) in [7, 11) is 1.62. The molecule has 1 aliphatic rings. The van der Waals surface area contributed by atoms with Gasteiger partial charge in [-0.3, -0.25) is 9.59 Å². The highest BCUT2D eigenvalue weighted by Crippen LogP contribution is 2.31. The van der Waals surface area contributed by atoms with Crippen LogP contribution < -0.4 is 5.32 Å². The van der Waals surface area contributed by atoms with Gasteiger partial charge in [0.1, 0.15) is 9.88 Å². The Labute approximate surface area is 182 Å². The summed E-state index contributed by atoms with van der Waals surface area (Å²) in [6.07, 6.45) is 1.68. The Kier molecular flexibility index (Phi) is 7.61. The van der Waals surface area contributed by atoms with Crippen LogP contribution in [0.1, 0.15) is 40.7 Å². The van der Waals surface area contributed by atoms with Crippen molar-refractivity contribution in [1.29, 1.82) is 0 Å². The fourth-order valence-corrected chi connectivity index (χ4v) is 4.85. The molecular weight excluding hydrogens is 398 g/mol. The summed E-state index contributed by atoms with van der Waals surface area (Å²) in [4.78, 5) is 32.7. The van der Waals surface area contributed by atoms with Crippen LogP contribution in [0.2, 0.25) is 0 Å². The highest BCUT2D eigenvalue weighted by atomic mass is 32.1. The number of nitrogens with zero attached hydrogens (tertiary/aromatic N) is 2. The number of rotatable bonds is 7. The highest BCUT2D eigenvalue weighted by molar-refractivity contribution is 7.17. The lowest BCUT2D eigenvalue weighted by Crippen LogP contribution is -2.43. The summed E-state index contributed by atoms with van der Waals surface area (Å²) in [5, 5.41) is 3.80. The third kappa shape index (κ3) is 5.26. The summed E-state index contributed by atoms with van der Waals surface area (Å²) in [5.74, 6) is 0.358. The number of carbonyl (C=O) groups is 2. The maximum Gasteiger partial charge on any atom is 0.265 e. The Hall–Kier alpha value is -2.25. The molecule has 1 aliphatic heterocycles. The van der Waals surface area contributed by atoms with Crippen LogP contribution in [0.5, 0.6) is 0 Å². The lowest BCUT2D eigenvalue weighted by atomic mass is 9.85. The van der Waals surface area contributed by atoms with Crippen molar-refractivity contribution in [3.63, 3.8) is 0 Å². The molecule has 0 unspecified atom stereocenters. The van der Waals surface area contributed by atoms with E-state index in [9.17, 15) is 9.59 Å². The average molecular weight is 430 g/mol. The molecule has 3 rings (SSSR count). The van der Waals surface area contributed by atoms with Crippen LogP contribution in [0.3, 0.4) is 0 Å². The molecule has 162 valence electrons. The van der Waals surface area contributed by atoms with Gasteiger partial charge in [-0.25, -0.2) is 4.98 Å². The Balaban J connectivity index is 1.59. The van der Waals surface area contributed by atoms with Gasteiger partial charge < -0.3 is 15.0 Å². The van der Waals surface area contributed by atoms with Gasteiger partial charge in [-0.1, -0.05) is 36.8 Å². The Morgan fingerprint density at radius 2 is 1.90 bits per heavy atom. The maximum absolute atomic E-state index is 13.1. The summed E-state index contributed by atoms with van der Waals surface area (Å²) in [6.45, 7) is 8.34. The molecule has 1 atom stereocenters. The van der Waals surface area contributed by atoms with Crippen molar-refractivity contribution in [3.05, 3.63) is 40.4 Å². The fraction of sp³-hybridized carbons (Fsp3) is 0.522. The third-order valence-corrected chi connectivity index (χ3v) is 7.04. The second-order valence-corrected chi connectivity index (χ2v) is 9.00. The minimum atomic E-state index is -0.0580. The van der Waals surface area contributed by atoms with E-state index in [0.29, 0.717) is 32.2 Å². The van der Waals surface area contributed by atoms with Gasteiger partial charge in [-0.2, -0.15) is 0 Å². The van der Waals surface area contributed by atoms with Crippen molar-refractivity contribution < 1.29 is 14.3 Å². The number of methoxy groups -OCH3 is 1. The number of hydrogen-bond donors (Lipinski definition) is 1. The zero-order valence-corrected chi connectivity index (χ0v) is 19.1. The van der Waals surface area contributed by atoms with E-state index in [-0.39, 0.29) is 17.7 Å². The van der Waals surface area contributed by atoms with E-state index in [0.717, 1.165) is 34.0 Å². The molecule has 0 spiro atoms. The van der Waals surface area contributed by atoms with E-state index in [2.05, 4.69) is 29.4 Å². The van der Waals surface area contributed by atoms with Crippen LogP contribution in [0.25, 0.3) is 10.6 Å². The zero-order chi connectivity index (χ0) is 21.7. The Morgan fingerprint density at radius 1 is 1.23 bits per heavy atom. The number of aromatic nitrogens is 1. The van der Waals surface area contributed by atoms with Gasteiger partial charge in [0, 0.05) is 38.2 Å². The first-order valence-electron chi connectivity index (χ1n) is 10.5. The molecule has 30 heavy (non-hydrogen) atoms. The number of carbonyl (C=O) groups excluding carboxylic acids is 2. The predicted molar refractivity (Wildman–Crippen MR) is 120 cm³/mol. The summed E-state index contributed by atoms with van der Waals surface area (Å²) >= 11 is 1.47. The molecule has 1 aromatic heterocycles. The normalized spacial score (nSPS) is 15.8. The first kappa shape index (κ1) is 22.4. The molecular formula is C23H31N3O3S. The lowest BCUT2D eigenvalue weighted by Gasteiger charge is -2.34. The molecule has 1 N–H and O–H groups in total. The van der Waals surface area contributed by atoms with Gasteiger partial charge in [0.25, 0.3) is 5.91 Å². The van der Waals surface area contributed by atoms with Gasteiger partial charge in [0.2, 0.25) is 5.91 Å². The van der Waals surface area contributed by atoms with Gasteiger partial charge in [-0.15, -0.1) is 11.3 Å². The monoisotopic (exact) mass is 429 g/mol. The number of hydrogen-bond acceptors (Lipinski definition) is 5. The summed E-state index contributed by atoms with van der Waals surface area (Å²) < 4.78 is 4.98. The number of piperidine rings is 1. The van der Waals surface area contributed by atoms with Crippen LogP contribution in [0.4, 0.5) is 0 Å². The minimum absolute atomic E-state index is 0.0546. The smallest absolute Gasteiger partial charge is 0.265 e. The quantitative estimate of drug-likeness (QED) is 0.682. The lowest BCUT2D eigenvalue weighted by molar-refractivity contribution is -0.126. The number of benzene rings is 1. The molecule has 0 bridgehead atoms. The summed E-state index contributed by atoms with van der Waals surface area (Å²) in [6, 6.07) is 8.22. The molecule has 2 heterocycles. The first-order valence-corrected chi connectivity index (χ1v) is 11.3. The van der Waals surface area contributed by atoms with Crippen LogP contribution in [0.15, 0.2) is 24.3 Å². The van der Waals surface area contributed by atoms with Crippen LogP contribution >= 0.6 is 11.3 Å². The number of nitrogens with one attached hydrogen (secondary N) is 1. The number of likely N-dealkylation sites (tertiary alicyclic amines) is 1. The van der Waals surface area contributed by atoms with Crippen molar-refractivity contribution >= 4 is 23.2 Å². The number of thiazole rings is 1. The Morgan fingerprint density at radius 3 is 2.53 bits per heavy atom. The molecule has 6 nitrogen and oxygen atoms in total. The first-order chi connectivity index (χ1) is 14.4. The van der Waals surface area contributed by atoms with Gasteiger partial charge in [-0.05, 0) is 32.6 Å². The van der Waals surface area contributed by atoms with Crippen LogP contribution in [-0.4, -0.2) is 55.0 Å². The van der Waals surface area contributed by atoms with E-state index < -0.39 is 0 Å². The molecule has 0 aliphatic carbocycles. The molecule has 1 fully saturated rings. The minimum Gasteiger partial charge on any atom is -0.383 e. The van der Waals surface area contributed by atoms with Gasteiger partial charge in [0.15, 0.2) is 0 Å². The van der Waals surface area contributed by atoms with Crippen molar-refractivity contribution in [2.45, 2.75) is 33.6 Å². The van der Waals surface area contributed by atoms with Crippen molar-refractivity contribution in [3.8, 4) is 10.6 Å².